The molecule has 0 radical (unpaired) electrons. The molecule has 92 valence electrons. The Morgan fingerprint density at radius 1 is 1.33 bits per heavy atom. The van der Waals surface area contributed by atoms with Crippen molar-refractivity contribution in [1.29, 1.82) is 5.26 Å². The minimum atomic E-state index is -0.128. The first kappa shape index (κ1) is 12.3. The van der Waals surface area contributed by atoms with E-state index in [1.54, 1.807) is 0 Å². The summed E-state index contributed by atoms with van der Waals surface area (Å²) >= 11 is 0. The molecule has 1 unspecified atom stereocenters. The zero-order valence-corrected chi connectivity index (χ0v) is 9.91. The van der Waals surface area contributed by atoms with E-state index in [1.165, 1.54) is 6.39 Å². The van der Waals surface area contributed by atoms with E-state index in [2.05, 4.69) is 26.0 Å². The highest BCUT2D eigenvalue weighted by molar-refractivity contribution is 5.24. The monoisotopic (exact) mass is 242 g/mol. The van der Waals surface area contributed by atoms with Crippen molar-refractivity contribution in [3.8, 4) is 6.07 Å². The number of hydrogen-bond acceptors (Lipinski definition) is 5. The molecule has 0 spiro atoms. The molecule has 1 atom stereocenters. The summed E-state index contributed by atoms with van der Waals surface area (Å²) in [6.07, 6.45) is 2.01. The van der Waals surface area contributed by atoms with Gasteiger partial charge in [0.2, 0.25) is 6.39 Å². The van der Waals surface area contributed by atoms with Gasteiger partial charge >= 0.3 is 0 Å². The van der Waals surface area contributed by atoms with Gasteiger partial charge in [-0.05, 0) is 5.56 Å². The van der Waals surface area contributed by atoms with Crippen molar-refractivity contribution in [2.75, 3.05) is 13.1 Å². The second kappa shape index (κ2) is 6.52. The van der Waals surface area contributed by atoms with Crippen molar-refractivity contribution in [3.05, 3.63) is 48.1 Å². The van der Waals surface area contributed by atoms with Gasteiger partial charge in [0.1, 0.15) is 0 Å². The first-order valence-corrected chi connectivity index (χ1v) is 5.80. The van der Waals surface area contributed by atoms with Gasteiger partial charge in [-0.1, -0.05) is 35.5 Å². The Balaban J connectivity index is 1.77. The Hall–Kier alpha value is -2.19. The third kappa shape index (κ3) is 3.40. The van der Waals surface area contributed by atoms with Crippen molar-refractivity contribution in [2.24, 2.45) is 0 Å². The summed E-state index contributed by atoms with van der Waals surface area (Å²) in [7, 11) is 0. The number of nitrogens with one attached hydrogen (secondary N) is 1. The summed E-state index contributed by atoms with van der Waals surface area (Å²) < 4.78 is 4.64. The van der Waals surface area contributed by atoms with Crippen LogP contribution in [0.4, 0.5) is 0 Å². The van der Waals surface area contributed by atoms with E-state index < -0.39 is 0 Å². The van der Waals surface area contributed by atoms with E-state index in [0.717, 1.165) is 12.1 Å². The third-order valence-electron chi connectivity index (χ3n) is 2.64. The molecule has 0 saturated heterocycles. The molecule has 0 amide bonds. The van der Waals surface area contributed by atoms with Gasteiger partial charge in [0.05, 0.1) is 12.0 Å². The summed E-state index contributed by atoms with van der Waals surface area (Å²) in [4.78, 5) is 3.93. The largest absolute Gasteiger partial charge is 0.343 e. The van der Waals surface area contributed by atoms with Gasteiger partial charge in [-0.15, -0.1) is 0 Å². The van der Waals surface area contributed by atoms with Gasteiger partial charge < -0.3 is 9.84 Å². The van der Waals surface area contributed by atoms with Gasteiger partial charge in [0.15, 0.2) is 5.82 Å². The maximum Gasteiger partial charge on any atom is 0.213 e. The van der Waals surface area contributed by atoms with Crippen molar-refractivity contribution in [1.82, 2.24) is 15.5 Å². The number of hydrogen-bond donors (Lipinski definition) is 1. The molecule has 1 aromatic carbocycles. The highest BCUT2D eigenvalue weighted by Crippen LogP contribution is 2.12. The van der Waals surface area contributed by atoms with Gasteiger partial charge in [-0.2, -0.15) is 10.2 Å². The Kier molecular flexibility index (Phi) is 4.45. The first-order chi connectivity index (χ1) is 8.90. The van der Waals surface area contributed by atoms with Crippen LogP contribution in [0.5, 0.6) is 0 Å². The molecule has 5 nitrogen and oxygen atoms in total. The fourth-order valence-corrected chi connectivity index (χ4v) is 1.67. The van der Waals surface area contributed by atoms with E-state index >= 15 is 0 Å². The maximum absolute atomic E-state index is 9.13. The number of rotatable bonds is 6. The molecule has 2 aromatic rings. The van der Waals surface area contributed by atoms with Crippen molar-refractivity contribution >= 4 is 0 Å². The number of benzene rings is 1. The molecule has 5 heteroatoms. The van der Waals surface area contributed by atoms with Crippen LogP contribution >= 0.6 is 0 Å². The molecule has 1 heterocycles. The standard InChI is InChI=1S/C13H14N4O/c14-8-12(11-4-2-1-3-5-11)9-15-7-6-13-16-10-18-17-13/h1-5,10,12,15H,6-7,9H2. The Morgan fingerprint density at radius 3 is 2.83 bits per heavy atom. The molecule has 1 aromatic heterocycles. The second-order valence-corrected chi connectivity index (χ2v) is 3.89. The molecule has 0 fully saturated rings. The molecule has 1 N–H and O–H groups in total. The fourth-order valence-electron chi connectivity index (χ4n) is 1.67. The lowest BCUT2D eigenvalue weighted by molar-refractivity contribution is 0.409. The van der Waals surface area contributed by atoms with Gasteiger partial charge in [0, 0.05) is 19.5 Å². The Morgan fingerprint density at radius 2 is 2.17 bits per heavy atom. The van der Waals surface area contributed by atoms with Crippen molar-refractivity contribution < 1.29 is 4.52 Å². The molecule has 0 aliphatic rings. The van der Waals surface area contributed by atoms with Crippen LogP contribution in [-0.2, 0) is 6.42 Å². The molecule has 18 heavy (non-hydrogen) atoms. The smallest absolute Gasteiger partial charge is 0.213 e. The summed E-state index contributed by atoms with van der Waals surface area (Å²) in [5.74, 6) is 0.548. The minimum absolute atomic E-state index is 0.128. The predicted octanol–water partition coefficient (Wildman–Crippen LogP) is 1.51. The van der Waals surface area contributed by atoms with Gasteiger partial charge in [-0.25, -0.2) is 0 Å². The highest BCUT2D eigenvalue weighted by Gasteiger charge is 2.09. The van der Waals surface area contributed by atoms with Crippen LogP contribution in [0.1, 0.15) is 17.3 Å². The van der Waals surface area contributed by atoms with Crippen LogP contribution in [0.25, 0.3) is 0 Å². The van der Waals surface area contributed by atoms with Crippen LogP contribution in [-0.4, -0.2) is 23.2 Å². The Labute approximate surface area is 105 Å². The fraction of sp³-hybridized carbons (Fsp3) is 0.308. The summed E-state index contributed by atoms with van der Waals surface area (Å²) in [5, 5.41) is 16.1. The van der Waals surface area contributed by atoms with Crippen molar-refractivity contribution in [2.45, 2.75) is 12.3 Å². The van der Waals surface area contributed by atoms with E-state index in [0.29, 0.717) is 18.8 Å². The lowest BCUT2D eigenvalue weighted by Crippen LogP contribution is -2.23. The number of aromatic nitrogens is 2. The van der Waals surface area contributed by atoms with E-state index in [1.807, 2.05) is 30.3 Å². The Bertz CT molecular complexity index is 489. The molecule has 0 bridgehead atoms. The molecule has 0 aliphatic carbocycles. The van der Waals surface area contributed by atoms with Crippen LogP contribution in [0.15, 0.2) is 41.2 Å². The van der Waals surface area contributed by atoms with E-state index in [4.69, 9.17) is 5.26 Å². The van der Waals surface area contributed by atoms with Crippen LogP contribution in [0, 0.1) is 11.3 Å². The predicted molar refractivity (Wildman–Crippen MR) is 65.7 cm³/mol. The first-order valence-electron chi connectivity index (χ1n) is 5.80. The number of nitrogens with zero attached hydrogens (tertiary/aromatic N) is 3. The molecule has 0 aliphatic heterocycles. The summed E-state index contributed by atoms with van der Waals surface area (Å²) in [6.45, 7) is 1.35. The molecule has 0 saturated carbocycles. The van der Waals surface area contributed by atoms with Gasteiger partial charge in [-0.3, -0.25) is 0 Å². The lowest BCUT2D eigenvalue weighted by atomic mass is 10.0. The third-order valence-corrected chi connectivity index (χ3v) is 2.64. The maximum atomic E-state index is 9.13. The minimum Gasteiger partial charge on any atom is -0.343 e. The summed E-state index contributed by atoms with van der Waals surface area (Å²) in [5.41, 5.74) is 1.03. The van der Waals surface area contributed by atoms with E-state index in [-0.39, 0.29) is 5.92 Å². The summed E-state index contributed by atoms with van der Waals surface area (Å²) in [6, 6.07) is 12.1. The second-order valence-electron chi connectivity index (χ2n) is 3.89. The van der Waals surface area contributed by atoms with Crippen molar-refractivity contribution in [3.63, 3.8) is 0 Å². The number of nitriles is 1. The van der Waals surface area contributed by atoms with Crippen LogP contribution < -0.4 is 5.32 Å². The average molecular weight is 242 g/mol. The zero-order chi connectivity index (χ0) is 12.6. The molecular formula is C13H14N4O. The average Bonchev–Trinajstić information content (AvgIpc) is 2.93. The highest BCUT2D eigenvalue weighted by atomic mass is 16.5. The van der Waals surface area contributed by atoms with Crippen LogP contribution in [0.2, 0.25) is 0 Å². The quantitative estimate of drug-likeness (QED) is 0.777. The molecule has 2 rings (SSSR count). The van der Waals surface area contributed by atoms with E-state index in [9.17, 15) is 0 Å². The topological polar surface area (TPSA) is 74.7 Å². The molecular weight excluding hydrogens is 228 g/mol. The van der Waals surface area contributed by atoms with Crippen LogP contribution in [0.3, 0.4) is 0 Å². The normalized spacial score (nSPS) is 11.9. The SMILES string of the molecule is N#CC(CNCCc1ncon1)c1ccccc1. The lowest BCUT2D eigenvalue weighted by Gasteiger charge is -2.09. The zero-order valence-electron chi connectivity index (χ0n) is 9.91. The van der Waals surface area contributed by atoms with Gasteiger partial charge in [0.25, 0.3) is 0 Å².